The summed E-state index contributed by atoms with van der Waals surface area (Å²) < 4.78 is 4.82. The van der Waals surface area contributed by atoms with Crippen LogP contribution in [0.2, 0.25) is 0 Å². The minimum absolute atomic E-state index is 0.172. The number of nitrogens with two attached hydrogens (primary N) is 1. The van der Waals surface area contributed by atoms with E-state index >= 15 is 0 Å². The van der Waals surface area contributed by atoms with Gasteiger partial charge >= 0.3 is 6.09 Å². The van der Waals surface area contributed by atoms with Gasteiger partial charge in [0, 0.05) is 0 Å². The molecule has 0 heterocycles. The zero-order chi connectivity index (χ0) is 11.7. The van der Waals surface area contributed by atoms with Gasteiger partial charge in [-0.3, -0.25) is 4.79 Å². The van der Waals surface area contributed by atoms with Crippen LogP contribution >= 0.6 is 0 Å². The van der Waals surface area contributed by atoms with Crippen molar-refractivity contribution < 1.29 is 14.3 Å². The first kappa shape index (κ1) is 13.2. The maximum atomic E-state index is 11.0. The van der Waals surface area contributed by atoms with E-state index in [1.807, 2.05) is 32.1 Å². The molecule has 84 valence electrons. The fourth-order valence-corrected chi connectivity index (χ4v) is 0.801. The van der Waals surface area contributed by atoms with Crippen molar-refractivity contribution in [2.45, 2.75) is 13.8 Å². The number of primary amides is 1. The lowest BCUT2D eigenvalue weighted by Gasteiger charge is -2.05. The van der Waals surface area contributed by atoms with Crippen LogP contribution in [-0.4, -0.2) is 25.2 Å². The van der Waals surface area contributed by atoms with E-state index in [1.54, 1.807) is 0 Å². The fourth-order valence-electron chi connectivity index (χ4n) is 0.801. The van der Waals surface area contributed by atoms with Crippen molar-refractivity contribution in [1.82, 2.24) is 5.32 Å². The maximum absolute atomic E-state index is 11.0. The molecule has 3 N–H and O–H groups in total. The predicted molar refractivity (Wildman–Crippen MR) is 57.1 cm³/mol. The zero-order valence-electron chi connectivity index (χ0n) is 8.95. The third kappa shape index (κ3) is 7.30. The molecule has 0 rings (SSSR count). The van der Waals surface area contributed by atoms with Crippen molar-refractivity contribution >= 4 is 12.0 Å². The molecule has 0 aromatic carbocycles. The van der Waals surface area contributed by atoms with Gasteiger partial charge in [-0.25, -0.2) is 4.79 Å². The molecular weight excluding hydrogens is 196 g/mol. The number of allylic oxidation sites excluding steroid dienone is 2. The highest BCUT2D eigenvalue weighted by Crippen LogP contribution is 1.97. The molecule has 2 amide bonds. The number of alkyl carbamates (subject to hydrolysis) is 1. The van der Waals surface area contributed by atoms with Crippen LogP contribution in [-0.2, 0) is 9.53 Å². The van der Waals surface area contributed by atoms with Gasteiger partial charge in [-0.1, -0.05) is 18.2 Å². The third-order valence-electron chi connectivity index (χ3n) is 1.53. The van der Waals surface area contributed by atoms with Crippen molar-refractivity contribution in [3.8, 4) is 0 Å². The number of nitrogens with one attached hydrogen (secondary N) is 1. The Hall–Kier alpha value is -1.78. The minimum Gasteiger partial charge on any atom is -0.445 e. The average Bonchev–Trinajstić information content (AvgIpc) is 2.21. The normalized spacial score (nSPS) is 11.5. The van der Waals surface area contributed by atoms with Crippen molar-refractivity contribution in [1.29, 1.82) is 0 Å². The molecular formula is C10H16N2O3. The summed E-state index contributed by atoms with van der Waals surface area (Å²) in [6.07, 6.45) is 4.86. The smallest absolute Gasteiger partial charge is 0.407 e. The summed E-state index contributed by atoms with van der Waals surface area (Å²) in [5, 5.41) is 2.22. The first-order valence-electron chi connectivity index (χ1n) is 4.57. The fraction of sp³-hybridized carbons (Fsp3) is 0.400. The molecule has 0 fully saturated rings. The first-order chi connectivity index (χ1) is 7.10. The molecule has 0 radical (unpaired) electrons. The molecule has 5 nitrogen and oxygen atoms in total. The van der Waals surface area contributed by atoms with Crippen LogP contribution < -0.4 is 11.1 Å². The van der Waals surface area contributed by atoms with Gasteiger partial charge in [0.1, 0.15) is 6.61 Å². The number of ether oxygens (including phenoxy) is 1. The van der Waals surface area contributed by atoms with Crippen LogP contribution in [0.15, 0.2) is 23.8 Å². The van der Waals surface area contributed by atoms with E-state index in [1.165, 1.54) is 0 Å². The molecule has 0 saturated heterocycles. The van der Waals surface area contributed by atoms with Crippen LogP contribution in [0.25, 0.3) is 0 Å². The van der Waals surface area contributed by atoms with E-state index < -0.39 is 12.0 Å². The number of carbonyl (C=O) groups is 2. The van der Waals surface area contributed by atoms with E-state index in [4.69, 9.17) is 10.5 Å². The summed E-state index contributed by atoms with van der Waals surface area (Å²) in [4.78, 5) is 21.3. The van der Waals surface area contributed by atoms with Crippen LogP contribution in [0, 0.1) is 0 Å². The lowest BCUT2D eigenvalue weighted by molar-refractivity contribution is -0.117. The molecule has 0 saturated carbocycles. The van der Waals surface area contributed by atoms with Gasteiger partial charge in [0.2, 0.25) is 5.91 Å². The Labute approximate surface area is 89.0 Å². The van der Waals surface area contributed by atoms with Gasteiger partial charge < -0.3 is 15.8 Å². The molecule has 5 heteroatoms. The molecule has 0 aliphatic rings. The Morgan fingerprint density at radius 3 is 2.53 bits per heavy atom. The number of rotatable bonds is 5. The largest absolute Gasteiger partial charge is 0.445 e. The summed E-state index contributed by atoms with van der Waals surface area (Å²) in [5.74, 6) is -0.605. The highest BCUT2D eigenvalue weighted by molar-refractivity contribution is 5.80. The number of hydrogen-bond donors (Lipinski definition) is 2. The van der Waals surface area contributed by atoms with Crippen molar-refractivity contribution in [3.63, 3.8) is 0 Å². The monoisotopic (exact) mass is 212 g/mol. The average molecular weight is 212 g/mol. The van der Waals surface area contributed by atoms with Gasteiger partial charge in [0.05, 0.1) is 6.54 Å². The molecule has 0 bridgehead atoms. The lowest BCUT2D eigenvalue weighted by Crippen LogP contribution is -2.33. The van der Waals surface area contributed by atoms with Crippen molar-refractivity contribution in [3.05, 3.63) is 23.8 Å². The van der Waals surface area contributed by atoms with Crippen molar-refractivity contribution in [2.24, 2.45) is 5.73 Å². The SMILES string of the molecule is C/C=C\C(=C/C)COC(=O)NCC(N)=O. The Bertz CT molecular complexity index is 282. The Balaban J connectivity index is 3.84. The topological polar surface area (TPSA) is 81.4 Å². The van der Waals surface area contributed by atoms with Gasteiger partial charge in [-0.05, 0) is 19.4 Å². The standard InChI is InChI=1S/C10H16N2O3/c1-3-5-8(4-2)7-15-10(14)12-6-9(11)13/h3-5H,6-7H2,1-2H3,(H2,11,13)(H,12,14)/b5-3-,8-4+. The second kappa shape index (κ2) is 7.61. The number of amides is 2. The van der Waals surface area contributed by atoms with E-state index in [0.717, 1.165) is 5.57 Å². The number of hydrogen-bond acceptors (Lipinski definition) is 3. The highest BCUT2D eigenvalue weighted by atomic mass is 16.5. The number of carbonyl (C=O) groups excluding carboxylic acids is 2. The summed E-state index contributed by atoms with van der Waals surface area (Å²) >= 11 is 0. The lowest BCUT2D eigenvalue weighted by atomic mass is 10.2. The van der Waals surface area contributed by atoms with Gasteiger partial charge in [-0.2, -0.15) is 0 Å². The molecule has 0 aromatic rings. The molecule has 0 atom stereocenters. The summed E-state index contributed by atoms with van der Waals surface area (Å²) in [5.41, 5.74) is 5.72. The van der Waals surface area contributed by atoms with Gasteiger partial charge in [-0.15, -0.1) is 0 Å². The first-order valence-corrected chi connectivity index (χ1v) is 4.57. The maximum Gasteiger partial charge on any atom is 0.407 e. The molecule has 0 aliphatic heterocycles. The third-order valence-corrected chi connectivity index (χ3v) is 1.53. The van der Waals surface area contributed by atoms with E-state index in [0.29, 0.717) is 0 Å². The highest BCUT2D eigenvalue weighted by Gasteiger charge is 2.03. The Morgan fingerprint density at radius 1 is 1.40 bits per heavy atom. The van der Waals surface area contributed by atoms with Crippen LogP contribution in [0.3, 0.4) is 0 Å². The second-order valence-electron chi connectivity index (χ2n) is 2.76. The van der Waals surface area contributed by atoms with E-state index in [9.17, 15) is 9.59 Å². The molecule has 0 aromatic heterocycles. The molecule has 0 spiro atoms. The summed E-state index contributed by atoms with van der Waals surface area (Å²) in [6.45, 7) is 3.68. The van der Waals surface area contributed by atoms with E-state index in [-0.39, 0.29) is 13.2 Å². The van der Waals surface area contributed by atoms with Crippen molar-refractivity contribution in [2.75, 3.05) is 13.2 Å². The van der Waals surface area contributed by atoms with E-state index in [2.05, 4.69) is 5.32 Å². The summed E-state index contributed by atoms with van der Waals surface area (Å²) in [6, 6.07) is 0. The van der Waals surface area contributed by atoms with Crippen LogP contribution in [0.4, 0.5) is 4.79 Å². The quantitative estimate of drug-likeness (QED) is 0.659. The molecule has 0 unspecified atom stereocenters. The second-order valence-corrected chi connectivity index (χ2v) is 2.76. The van der Waals surface area contributed by atoms with Crippen LogP contribution in [0.5, 0.6) is 0 Å². The van der Waals surface area contributed by atoms with Gasteiger partial charge in [0.25, 0.3) is 0 Å². The molecule has 15 heavy (non-hydrogen) atoms. The Morgan fingerprint density at radius 2 is 2.07 bits per heavy atom. The molecule has 0 aliphatic carbocycles. The predicted octanol–water partition coefficient (Wildman–Crippen LogP) is 0.720. The zero-order valence-corrected chi connectivity index (χ0v) is 8.95. The summed E-state index contributed by atoms with van der Waals surface area (Å²) in [7, 11) is 0. The van der Waals surface area contributed by atoms with Gasteiger partial charge in [0.15, 0.2) is 0 Å². The minimum atomic E-state index is -0.655. The van der Waals surface area contributed by atoms with Crippen LogP contribution in [0.1, 0.15) is 13.8 Å². The Kier molecular flexibility index (Phi) is 6.70.